The maximum absolute atomic E-state index is 4.85. The third-order valence-electron chi connectivity index (χ3n) is 5.25. The molecule has 1 saturated heterocycles. The Bertz CT molecular complexity index is 777. The Morgan fingerprint density at radius 2 is 1.93 bits per heavy atom. The van der Waals surface area contributed by atoms with Crippen molar-refractivity contribution in [3.8, 4) is 0 Å². The minimum atomic E-state index is 0. The van der Waals surface area contributed by atoms with E-state index in [1.165, 1.54) is 22.4 Å². The second-order valence-electron chi connectivity index (χ2n) is 7.20. The predicted molar refractivity (Wildman–Crippen MR) is 128 cm³/mol. The van der Waals surface area contributed by atoms with Gasteiger partial charge in [0.25, 0.3) is 0 Å². The summed E-state index contributed by atoms with van der Waals surface area (Å²) in [5.74, 6) is 1.03. The summed E-state index contributed by atoms with van der Waals surface area (Å²) in [5, 5.41) is 7.68. The molecule has 0 aliphatic carbocycles. The number of nitrogens with one attached hydrogen (secondary N) is 1. The first-order chi connectivity index (χ1) is 13.1. The first-order valence-corrected chi connectivity index (χ1v) is 9.90. The highest BCUT2D eigenvalue weighted by molar-refractivity contribution is 14.0. The van der Waals surface area contributed by atoms with E-state index in [0.29, 0.717) is 0 Å². The molecule has 2 aromatic rings. The zero-order valence-electron chi connectivity index (χ0n) is 17.5. The van der Waals surface area contributed by atoms with E-state index in [9.17, 15) is 0 Å². The van der Waals surface area contributed by atoms with E-state index < -0.39 is 0 Å². The van der Waals surface area contributed by atoms with Crippen molar-refractivity contribution in [2.24, 2.45) is 12.0 Å². The van der Waals surface area contributed by atoms with Crippen LogP contribution in [-0.4, -0.2) is 59.9 Å². The number of anilines is 1. The van der Waals surface area contributed by atoms with Gasteiger partial charge in [0.05, 0.1) is 6.20 Å². The summed E-state index contributed by atoms with van der Waals surface area (Å²) < 4.78 is 1.84. The zero-order valence-corrected chi connectivity index (χ0v) is 19.8. The number of aryl methyl sites for hydroxylation is 2. The quantitative estimate of drug-likeness (QED) is 0.393. The zero-order chi connectivity index (χ0) is 19.2. The van der Waals surface area contributed by atoms with E-state index in [1.807, 2.05) is 17.9 Å². The predicted octanol–water partition coefficient (Wildman–Crippen LogP) is 2.99. The molecule has 1 fully saturated rings. The molecule has 0 spiro atoms. The molecule has 28 heavy (non-hydrogen) atoms. The standard InChI is InChI=1S/C21H32N6.HI/c1-5-22-21(23-10-9-19-15-24-25(4)16-19)27-13-11-26(12-14-27)20-8-6-7-17(2)18(20)3;/h6-8,15-16H,5,9-14H2,1-4H3,(H,22,23);1H. The van der Waals surface area contributed by atoms with Crippen molar-refractivity contribution in [2.75, 3.05) is 44.2 Å². The Hall–Kier alpha value is -1.77. The van der Waals surface area contributed by atoms with Gasteiger partial charge in [-0.3, -0.25) is 9.67 Å². The summed E-state index contributed by atoms with van der Waals surface area (Å²) in [7, 11) is 1.95. The molecule has 1 aliphatic heterocycles. The lowest BCUT2D eigenvalue weighted by Gasteiger charge is -2.38. The van der Waals surface area contributed by atoms with Crippen LogP contribution < -0.4 is 10.2 Å². The molecule has 1 aromatic heterocycles. The van der Waals surface area contributed by atoms with Gasteiger partial charge in [-0.05, 0) is 49.9 Å². The highest BCUT2D eigenvalue weighted by Gasteiger charge is 2.21. The summed E-state index contributed by atoms with van der Waals surface area (Å²) in [6.45, 7) is 12.2. The summed E-state index contributed by atoms with van der Waals surface area (Å²) in [4.78, 5) is 9.73. The maximum atomic E-state index is 4.85. The SMILES string of the molecule is CCNC(=NCCc1cnn(C)c1)N1CCN(c2cccc(C)c2C)CC1.I. The summed E-state index contributed by atoms with van der Waals surface area (Å²) >= 11 is 0. The summed E-state index contributed by atoms with van der Waals surface area (Å²) in [6, 6.07) is 6.59. The summed E-state index contributed by atoms with van der Waals surface area (Å²) in [6.07, 6.45) is 4.90. The van der Waals surface area contributed by atoms with E-state index in [4.69, 9.17) is 4.99 Å². The summed E-state index contributed by atoms with van der Waals surface area (Å²) in [5.41, 5.74) is 5.35. The third kappa shape index (κ3) is 5.62. The first-order valence-electron chi connectivity index (χ1n) is 9.90. The Morgan fingerprint density at radius 1 is 1.18 bits per heavy atom. The van der Waals surface area contributed by atoms with Gasteiger partial charge >= 0.3 is 0 Å². The molecule has 0 amide bonds. The van der Waals surface area contributed by atoms with Crippen LogP contribution in [0.15, 0.2) is 35.6 Å². The van der Waals surface area contributed by atoms with Crippen LogP contribution in [0, 0.1) is 13.8 Å². The van der Waals surface area contributed by atoms with Gasteiger partial charge < -0.3 is 15.1 Å². The van der Waals surface area contributed by atoms with Crippen LogP contribution in [0.4, 0.5) is 5.69 Å². The number of piperazine rings is 1. The van der Waals surface area contributed by atoms with E-state index in [1.54, 1.807) is 0 Å². The molecule has 0 atom stereocenters. The Labute approximate surface area is 186 Å². The monoisotopic (exact) mass is 496 g/mol. The molecule has 0 radical (unpaired) electrons. The molecule has 1 aromatic carbocycles. The number of guanidine groups is 1. The number of halogens is 1. The molecular weight excluding hydrogens is 463 g/mol. The number of rotatable bonds is 5. The molecule has 6 nitrogen and oxygen atoms in total. The van der Waals surface area contributed by atoms with Crippen molar-refractivity contribution in [3.05, 3.63) is 47.3 Å². The van der Waals surface area contributed by atoms with E-state index in [0.717, 1.165) is 51.6 Å². The highest BCUT2D eigenvalue weighted by atomic mass is 127. The molecule has 0 unspecified atom stereocenters. The molecular formula is C21H33IN6. The van der Waals surface area contributed by atoms with Crippen molar-refractivity contribution < 1.29 is 0 Å². The minimum Gasteiger partial charge on any atom is -0.368 e. The van der Waals surface area contributed by atoms with Crippen molar-refractivity contribution in [3.63, 3.8) is 0 Å². The largest absolute Gasteiger partial charge is 0.368 e. The number of aliphatic imine (C=N–C) groups is 1. The molecule has 7 heteroatoms. The molecule has 3 rings (SSSR count). The fourth-order valence-electron chi connectivity index (χ4n) is 3.56. The van der Waals surface area contributed by atoms with Crippen LogP contribution in [0.3, 0.4) is 0 Å². The lowest BCUT2D eigenvalue weighted by molar-refractivity contribution is 0.372. The van der Waals surface area contributed by atoms with E-state index in [-0.39, 0.29) is 24.0 Å². The highest BCUT2D eigenvalue weighted by Crippen LogP contribution is 2.23. The third-order valence-corrected chi connectivity index (χ3v) is 5.25. The number of aromatic nitrogens is 2. The number of nitrogens with zero attached hydrogens (tertiary/aromatic N) is 5. The van der Waals surface area contributed by atoms with Crippen LogP contribution >= 0.6 is 24.0 Å². The fourth-order valence-corrected chi connectivity index (χ4v) is 3.56. The minimum absolute atomic E-state index is 0. The van der Waals surface area contributed by atoms with Crippen molar-refractivity contribution in [1.82, 2.24) is 20.0 Å². The second kappa shape index (κ2) is 10.7. The van der Waals surface area contributed by atoms with Gasteiger partial charge in [0.15, 0.2) is 5.96 Å². The molecule has 1 aliphatic rings. The lowest BCUT2D eigenvalue weighted by atomic mass is 10.1. The van der Waals surface area contributed by atoms with Gasteiger partial charge in [-0.25, -0.2) is 0 Å². The molecule has 0 saturated carbocycles. The van der Waals surface area contributed by atoms with Crippen LogP contribution in [0.2, 0.25) is 0 Å². The Balaban J connectivity index is 0.00000280. The smallest absolute Gasteiger partial charge is 0.194 e. The molecule has 154 valence electrons. The Morgan fingerprint density at radius 3 is 2.57 bits per heavy atom. The normalized spacial score (nSPS) is 14.8. The van der Waals surface area contributed by atoms with Gasteiger partial charge in [0, 0.05) is 58.2 Å². The Kier molecular flexibility index (Phi) is 8.59. The number of benzene rings is 1. The van der Waals surface area contributed by atoms with Gasteiger partial charge in [-0.2, -0.15) is 5.10 Å². The van der Waals surface area contributed by atoms with Gasteiger partial charge in [-0.15, -0.1) is 24.0 Å². The van der Waals surface area contributed by atoms with Crippen molar-refractivity contribution >= 4 is 35.6 Å². The van der Waals surface area contributed by atoms with E-state index >= 15 is 0 Å². The fraction of sp³-hybridized carbons (Fsp3) is 0.524. The lowest BCUT2D eigenvalue weighted by Crippen LogP contribution is -2.52. The first kappa shape index (κ1) is 22.5. The van der Waals surface area contributed by atoms with Gasteiger partial charge in [0.1, 0.15) is 0 Å². The second-order valence-corrected chi connectivity index (χ2v) is 7.20. The average molecular weight is 496 g/mol. The molecule has 2 heterocycles. The van der Waals surface area contributed by atoms with E-state index in [2.05, 4.69) is 65.4 Å². The van der Waals surface area contributed by atoms with Crippen molar-refractivity contribution in [2.45, 2.75) is 27.2 Å². The molecule has 1 N–H and O–H groups in total. The van der Waals surface area contributed by atoms with Crippen LogP contribution in [0.5, 0.6) is 0 Å². The van der Waals surface area contributed by atoms with Gasteiger partial charge in [-0.1, -0.05) is 12.1 Å². The van der Waals surface area contributed by atoms with Gasteiger partial charge in [0.2, 0.25) is 0 Å². The maximum Gasteiger partial charge on any atom is 0.194 e. The molecule has 0 bridgehead atoms. The van der Waals surface area contributed by atoms with Crippen LogP contribution in [0.1, 0.15) is 23.6 Å². The number of hydrogen-bond acceptors (Lipinski definition) is 3. The van der Waals surface area contributed by atoms with Crippen LogP contribution in [0.25, 0.3) is 0 Å². The number of hydrogen-bond donors (Lipinski definition) is 1. The average Bonchev–Trinajstić information content (AvgIpc) is 3.09. The topological polar surface area (TPSA) is 48.7 Å². The van der Waals surface area contributed by atoms with Crippen LogP contribution in [-0.2, 0) is 13.5 Å². The van der Waals surface area contributed by atoms with Crippen molar-refractivity contribution in [1.29, 1.82) is 0 Å².